The van der Waals surface area contributed by atoms with Gasteiger partial charge in [0.15, 0.2) is 0 Å². The molecule has 0 aromatic rings. The highest BCUT2D eigenvalue weighted by atomic mass is 16.1. The molecule has 0 spiro atoms. The lowest BCUT2D eigenvalue weighted by Gasteiger charge is -2.33. The first-order valence-corrected chi connectivity index (χ1v) is 7.00. The number of hydrogen-bond acceptors (Lipinski definition) is 2. The van der Waals surface area contributed by atoms with E-state index in [9.17, 15) is 4.79 Å². The molecule has 0 unspecified atom stereocenters. The third-order valence-electron chi connectivity index (χ3n) is 4.74. The highest BCUT2D eigenvalue weighted by molar-refractivity contribution is 5.85. The minimum Gasteiger partial charge on any atom is -0.329 e. The Morgan fingerprint density at radius 1 is 1.06 bits per heavy atom. The van der Waals surface area contributed by atoms with Crippen LogP contribution in [0.4, 0.5) is 0 Å². The largest absolute Gasteiger partial charge is 0.329 e. The molecule has 92 valence electrons. The van der Waals surface area contributed by atoms with Crippen molar-refractivity contribution in [2.75, 3.05) is 6.54 Å². The second-order valence-electron chi connectivity index (χ2n) is 5.82. The molecule has 2 fully saturated rings. The maximum Gasteiger partial charge on any atom is 0.140 e. The summed E-state index contributed by atoms with van der Waals surface area (Å²) < 4.78 is 0. The number of ketones is 1. The van der Waals surface area contributed by atoms with Crippen LogP contribution in [0.2, 0.25) is 0 Å². The third kappa shape index (κ3) is 2.48. The highest BCUT2D eigenvalue weighted by Crippen LogP contribution is 2.39. The fraction of sp³-hybridized carbons (Fsp3) is 0.929. The van der Waals surface area contributed by atoms with E-state index < -0.39 is 0 Å². The van der Waals surface area contributed by atoms with Crippen LogP contribution >= 0.6 is 0 Å². The lowest BCUT2D eigenvalue weighted by Crippen LogP contribution is -2.39. The van der Waals surface area contributed by atoms with Crippen molar-refractivity contribution in [3.8, 4) is 0 Å². The quantitative estimate of drug-likeness (QED) is 0.744. The van der Waals surface area contributed by atoms with Crippen molar-refractivity contribution < 1.29 is 4.79 Å². The number of rotatable bonds is 4. The second-order valence-corrected chi connectivity index (χ2v) is 5.82. The molecule has 0 aromatic heterocycles. The van der Waals surface area contributed by atoms with E-state index in [0.717, 1.165) is 19.3 Å². The maximum atomic E-state index is 12.4. The van der Waals surface area contributed by atoms with E-state index in [2.05, 4.69) is 0 Å². The molecule has 0 aromatic carbocycles. The molecule has 0 radical (unpaired) electrons. The third-order valence-corrected chi connectivity index (χ3v) is 4.74. The molecule has 2 rings (SSSR count). The van der Waals surface area contributed by atoms with Gasteiger partial charge in [-0.3, -0.25) is 4.79 Å². The van der Waals surface area contributed by atoms with E-state index in [1.807, 2.05) is 0 Å². The van der Waals surface area contributed by atoms with Crippen LogP contribution < -0.4 is 5.73 Å². The first-order valence-electron chi connectivity index (χ1n) is 7.00. The van der Waals surface area contributed by atoms with Crippen LogP contribution in [-0.2, 0) is 4.79 Å². The summed E-state index contributed by atoms with van der Waals surface area (Å²) in [6, 6.07) is 0. The van der Waals surface area contributed by atoms with Crippen molar-refractivity contribution >= 4 is 5.78 Å². The lowest BCUT2D eigenvalue weighted by molar-refractivity contribution is -0.130. The predicted octanol–water partition coefficient (Wildman–Crippen LogP) is 3.05. The van der Waals surface area contributed by atoms with Gasteiger partial charge in [-0.05, 0) is 18.8 Å². The van der Waals surface area contributed by atoms with Gasteiger partial charge in [-0.15, -0.1) is 0 Å². The Kier molecular flexibility index (Phi) is 4.01. The minimum absolute atomic E-state index is 0.133. The Hall–Kier alpha value is -0.370. The fourth-order valence-corrected chi connectivity index (χ4v) is 3.18. The van der Waals surface area contributed by atoms with Gasteiger partial charge in [-0.25, -0.2) is 0 Å². The Morgan fingerprint density at radius 3 is 2.12 bits per heavy atom. The molecule has 2 aliphatic carbocycles. The number of nitrogens with two attached hydrogens (primary N) is 1. The molecule has 16 heavy (non-hydrogen) atoms. The smallest absolute Gasteiger partial charge is 0.140 e. The van der Waals surface area contributed by atoms with E-state index in [1.165, 1.54) is 44.9 Å². The van der Waals surface area contributed by atoms with Gasteiger partial charge in [0.05, 0.1) is 0 Å². The summed E-state index contributed by atoms with van der Waals surface area (Å²) in [5.41, 5.74) is 5.79. The molecule has 0 bridgehead atoms. The number of hydrogen-bond donors (Lipinski definition) is 1. The number of carbonyl (C=O) groups is 1. The van der Waals surface area contributed by atoms with Crippen molar-refractivity contribution in [1.82, 2.24) is 0 Å². The average molecular weight is 223 g/mol. The van der Waals surface area contributed by atoms with Crippen molar-refractivity contribution in [3.05, 3.63) is 0 Å². The molecule has 2 heteroatoms. The molecule has 0 amide bonds. The van der Waals surface area contributed by atoms with Crippen molar-refractivity contribution in [2.24, 2.45) is 17.1 Å². The summed E-state index contributed by atoms with van der Waals surface area (Å²) in [4.78, 5) is 12.4. The van der Waals surface area contributed by atoms with E-state index in [0.29, 0.717) is 18.2 Å². The van der Waals surface area contributed by atoms with Gasteiger partial charge in [0.25, 0.3) is 0 Å². The molecule has 0 atom stereocenters. The minimum atomic E-state index is -0.133. The highest BCUT2D eigenvalue weighted by Gasteiger charge is 2.38. The molecule has 2 saturated carbocycles. The van der Waals surface area contributed by atoms with Crippen LogP contribution in [0.5, 0.6) is 0 Å². The van der Waals surface area contributed by atoms with E-state index in [-0.39, 0.29) is 5.41 Å². The predicted molar refractivity (Wildman–Crippen MR) is 66.2 cm³/mol. The van der Waals surface area contributed by atoms with Crippen LogP contribution in [0.25, 0.3) is 0 Å². The zero-order chi connectivity index (χ0) is 11.4. The zero-order valence-electron chi connectivity index (χ0n) is 10.3. The van der Waals surface area contributed by atoms with Crippen molar-refractivity contribution in [2.45, 2.75) is 64.2 Å². The second kappa shape index (κ2) is 5.31. The summed E-state index contributed by atoms with van der Waals surface area (Å²) in [6.45, 7) is 0.582. The van der Waals surface area contributed by atoms with Crippen LogP contribution in [0.3, 0.4) is 0 Å². The van der Waals surface area contributed by atoms with Gasteiger partial charge in [0, 0.05) is 18.4 Å². The number of carbonyl (C=O) groups excluding carboxylic acids is 1. The first kappa shape index (κ1) is 12.1. The van der Waals surface area contributed by atoms with E-state index in [4.69, 9.17) is 5.73 Å². The van der Waals surface area contributed by atoms with Gasteiger partial charge >= 0.3 is 0 Å². The van der Waals surface area contributed by atoms with Gasteiger partial charge in [-0.2, -0.15) is 0 Å². The fourth-order valence-electron chi connectivity index (χ4n) is 3.18. The first-order chi connectivity index (χ1) is 7.77. The SMILES string of the molecule is NCC1(C(=O)CC2CCC2)CCCCCC1. The lowest BCUT2D eigenvalue weighted by atomic mass is 9.71. The molecule has 0 aliphatic heterocycles. The summed E-state index contributed by atoms with van der Waals surface area (Å²) in [5.74, 6) is 1.18. The Morgan fingerprint density at radius 2 is 1.69 bits per heavy atom. The van der Waals surface area contributed by atoms with E-state index >= 15 is 0 Å². The molecule has 0 saturated heterocycles. The molecule has 0 heterocycles. The Balaban J connectivity index is 1.96. The van der Waals surface area contributed by atoms with Gasteiger partial charge in [0.2, 0.25) is 0 Å². The number of Topliss-reactive ketones (excluding diaryl/α,β-unsaturated/α-hetero) is 1. The zero-order valence-corrected chi connectivity index (χ0v) is 10.3. The summed E-state index contributed by atoms with van der Waals surface area (Å²) in [7, 11) is 0. The molecular weight excluding hydrogens is 198 g/mol. The van der Waals surface area contributed by atoms with E-state index in [1.54, 1.807) is 0 Å². The molecular formula is C14H25NO. The normalized spacial score (nSPS) is 25.8. The maximum absolute atomic E-state index is 12.4. The molecule has 2 aliphatic rings. The van der Waals surface area contributed by atoms with Crippen LogP contribution in [0, 0.1) is 11.3 Å². The Labute approximate surface area is 99.0 Å². The van der Waals surface area contributed by atoms with Crippen LogP contribution in [-0.4, -0.2) is 12.3 Å². The Bertz CT molecular complexity index is 237. The van der Waals surface area contributed by atoms with Crippen molar-refractivity contribution in [1.29, 1.82) is 0 Å². The van der Waals surface area contributed by atoms with Crippen molar-refractivity contribution in [3.63, 3.8) is 0 Å². The summed E-state index contributed by atoms with van der Waals surface area (Å²) in [5, 5.41) is 0. The molecule has 2 N–H and O–H groups in total. The topological polar surface area (TPSA) is 43.1 Å². The van der Waals surface area contributed by atoms with Gasteiger partial charge in [-0.1, -0.05) is 44.9 Å². The standard InChI is InChI=1S/C14H25NO/c15-11-14(8-3-1-2-4-9-14)13(16)10-12-6-5-7-12/h12H,1-11,15H2. The monoisotopic (exact) mass is 223 g/mol. The van der Waals surface area contributed by atoms with Crippen LogP contribution in [0.1, 0.15) is 64.2 Å². The summed E-state index contributed by atoms with van der Waals surface area (Å²) in [6.07, 6.45) is 11.8. The van der Waals surface area contributed by atoms with Crippen LogP contribution in [0.15, 0.2) is 0 Å². The summed E-state index contributed by atoms with van der Waals surface area (Å²) >= 11 is 0. The average Bonchev–Trinajstić information content (AvgIpc) is 2.49. The molecule has 2 nitrogen and oxygen atoms in total. The van der Waals surface area contributed by atoms with Gasteiger partial charge in [0.1, 0.15) is 5.78 Å². The van der Waals surface area contributed by atoms with Gasteiger partial charge < -0.3 is 5.73 Å².